The van der Waals surface area contributed by atoms with Crippen LogP contribution < -0.4 is 16.1 Å². The smallest absolute Gasteiger partial charge is 0.318 e. The van der Waals surface area contributed by atoms with Crippen LogP contribution in [0.3, 0.4) is 0 Å². The highest BCUT2D eigenvalue weighted by Crippen LogP contribution is 2.25. The average Bonchev–Trinajstić information content (AvgIpc) is 3.15. The minimum absolute atomic E-state index is 0.00964. The number of carbonyl (C=O) groups is 3. The van der Waals surface area contributed by atoms with Crippen LogP contribution in [-0.2, 0) is 9.59 Å². The Bertz CT molecular complexity index is 1430. The second-order valence-corrected chi connectivity index (χ2v) is 8.58. The zero-order chi connectivity index (χ0) is 24.4. The summed E-state index contributed by atoms with van der Waals surface area (Å²) in [5.41, 5.74) is 5.14. The van der Waals surface area contributed by atoms with Crippen molar-refractivity contribution in [2.24, 2.45) is 0 Å². The van der Waals surface area contributed by atoms with Crippen LogP contribution in [0.15, 0.2) is 71.2 Å². The summed E-state index contributed by atoms with van der Waals surface area (Å²) in [6.45, 7) is 3.64. The zero-order valence-corrected chi connectivity index (χ0v) is 19.9. The lowest BCUT2D eigenvalue weighted by atomic mass is 10.1. The highest BCUT2D eigenvalue weighted by atomic mass is 79.9. The average molecular weight is 523 g/mol. The second-order valence-electron chi connectivity index (χ2n) is 7.66. The molecule has 0 saturated carbocycles. The monoisotopic (exact) mass is 522 g/mol. The van der Waals surface area contributed by atoms with Crippen LogP contribution in [0, 0.1) is 19.7 Å². The molecule has 1 aromatic heterocycles. The number of aromatic nitrogens is 1. The largest absolute Gasteiger partial charge is 0.328 e. The lowest BCUT2D eigenvalue weighted by Crippen LogP contribution is -2.36. The molecule has 0 radical (unpaired) electrons. The molecule has 0 saturated heterocycles. The summed E-state index contributed by atoms with van der Waals surface area (Å²) in [6, 6.07) is 18.0. The topological polar surface area (TPSA) is 92.2 Å². The predicted octanol–water partition coefficient (Wildman–Crippen LogP) is 5.12. The number of fused-ring (bicyclic) bond motifs is 1. The van der Waals surface area contributed by atoms with E-state index in [1.165, 1.54) is 22.9 Å². The van der Waals surface area contributed by atoms with Crippen LogP contribution in [0.1, 0.15) is 21.6 Å². The van der Waals surface area contributed by atoms with E-state index < -0.39 is 23.5 Å². The van der Waals surface area contributed by atoms with Crippen molar-refractivity contribution in [3.63, 3.8) is 0 Å². The summed E-state index contributed by atoms with van der Waals surface area (Å²) >= 11 is 3.38. The third-order valence-electron chi connectivity index (χ3n) is 5.26. The van der Waals surface area contributed by atoms with Gasteiger partial charge in [0, 0.05) is 15.5 Å². The molecular weight excluding hydrogens is 503 g/mol. The van der Waals surface area contributed by atoms with Crippen molar-refractivity contribution >= 4 is 55.9 Å². The minimum atomic E-state index is -0.969. The lowest BCUT2D eigenvalue weighted by Gasteiger charge is -2.14. The Hall–Kier alpha value is -3.98. The van der Waals surface area contributed by atoms with Crippen molar-refractivity contribution in [3.8, 4) is 0 Å². The van der Waals surface area contributed by atoms with Gasteiger partial charge in [0.05, 0.1) is 11.2 Å². The molecule has 3 aromatic carbocycles. The molecule has 0 fully saturated rings. The van der Waals surface area contributed by atoms with Gasteiger partial charge in [0.2, 0.25) is 0 Å². The van der Waals surface area contributed by atoms with Gasteiger partial charge in [-0.2, -0.15) is 0 Å². The maximum Gasteiger partial charge on any atom is 0.328 e. The van der Waals surface area contributed by atoms with Crippen molar-refractivity contribution in [1.29, 1.82) is 0 Å². The zero-order valence-electron chi connectivity index (χ0n) is 18.3. The summed E-state index contributed by atoms with van der Waals surface area (Å²) in [5.74, 6) is -3.12. The van der Waals surface area contributed by atoms with Crippen molar-refractivity contribution < 1.29 is 18.8 Å². The van der Waals surface area contributed by atoms with Crippen molar-refractivity contribution in [2.45, 2.75) is 13.8 Å². The van der Waals surface area contributed by atoms with E-state index in [9.17, 15) is 18.8 Å². The highest BCUT2D eigenvalue weighted by Gasteiger charge is 2.22. The lowest BCUT2D eigenvalue weighted by molar-refractivity contribution is -0.133. The minimum Gasteiger partial charge on any atom is -0.318 e. The normalized spacial score (nSPS) is 10.7. The Morgan fingerprint density at radius 1 is 0.853 bits per heavy atom. The quantitative estimate of drug-likeness (QED) is 0.325. The van der Waals surface area contributed by atoms with Gasteiger partial charge >= 0.3 is 11.8 Å². The van der Waals surface area contributed by atoms with E-state index in [2.05, 4.69) is 32.0 Å². The summed E-state index contributed by atoms with van der Waals surface area (Å²) in [4.78, 5) is 38.5. The van der Waals surface area contributed by atoms with Crippen LogP contribution in [0.5, 0.6) is 0 Å². The van der Waals surface area contributed by atoms with Gasteiger partial charge in [-0.25, -0.2) is 9.07 Å². The van der Waals surface area contributed by atoms with E-state index in [0.717, 1.165) is 15.6 Å². The van der Waals surface area contributed by atoms with Crippen LogP contribution in [0.2, 0.25) is 0 Å². The first kappa shape index (κ1) is 23.2. The molecule has 0 bridgehead atoms. The molecule has 0 aliphatic rings. The van der Waals surface area contributed by atoms with Crippen LogP contribution in [0.4, 0.5) is 15.8 Å². The molecule has 0 aliphatic heterocycles. The van der Waals surface area contributed by atoms with Gasteiger partial charge in [0.15, 0.2) is 0 Å². The van der Waals surface area contributed by atoms with Gasteiger partial charge in [-0.05, 0) is 61.4 Å². The van der Waals surface area contributed by atoms with Gasteiger partial charge < -0.3 is 10.6 Å². The number of anilines is 2. The Balaban J connectivity index is 1.65. The fraction of sp³-hybridized carbons (Fsp3) is 0.0800. The van der Waals surface area contributed by atoms with Crippen LogP contribution in [-0.4, -0.2) is 22.4 Å². The molecule has 0 unspecified atom stereocenters. The summed E-state index contributed by atoms with van der Waals surface area (Å²) in [5, 5.41) is 5.75. The Morgan fingerprint density at radius 2 is 1.56 bits per heavy atom. The fourth-order valence-corrected chi connectivity index (χ4v) is 3.94. The number of rotatable bonds is 4. The molecule has 7 nitrogen and oxygen atoms in total. The Labute approximate surface area is 203 Å². The molecule has 4 rings (SSSR count). The molecule has 34 heavy (non-hydrogen) atoms. The Morgan fingerprint density at radius 3 is 2.26 bits per heavy atom. The molecule has 3 amide bonds. The first-order valence-corrected chi connectivity index (χ1v) is 11.1. The number of aryl methyl sites for hydroxylation is 2. The third kappa shape index (κ3) is 4.69. The van der Waals surface area contributed by atoms with Crippen molar-refractivity contribution in [3.05, 3.63) is 93.8 Å². The van der Waals surface area contributed by atoms with Crippen LogP contribution >= 0.6 is 15.9 Å². The number of amides is 3. The SMILES string of the molecule is Cc1cccc(C)c1NC(=O)C(=O)Nn1c(C(=O)Nc2ccccc2F)cc2cc(Br)ccc21. The number of nitrogens with one attached hydrogen (secondary N) is 3. The summed E-state index contributed by atoms with van der Waals surface area (Å²) in [7, 11) is 0. The first-order valence-electron chi connectivity index (χ1n) is 10.3. The van der Waals surface area contributed by atoms with E-state index in [1.54, 1.807) is 30.3 Å². The molecule has 0 aliphatic carbocycles. The molecule has 4 aromatic rings. The van der Waals surface area contributed by atoms with Gasteiger partial charge in [-0.15, -0.1) is 0 Å². The van der Waals surface area contributed by atoms with E-state index in [1.807, 2.05) is 32.0 Å². The number of benzene rings is 3. The van der Waals surface area contributed by atoms with E-state index in [0.29, 0.717) is 16.6 Å². The number of hydrogen-bond acceptors (Lipinski definition) is 3. The van der Waals surface area contributed by atoms with Gasteiger partial charge in [0.25, 0.3) is 5.91 Å². The van der Waals surface area contributed by atoms with Crippen LogP contribution in [0.25, 0.3) is 10.9 Å². The fourth-order valence-electron chi connectivity index (χ4n) is 3.56. The molecular formula is C25H20BrFN4O3. The summed E-state index contributed by atoms with van der Waals surface area (Å²) < 4.78 is 16.0. The van der Waals surface area contributed by atoms with E-state index >= 15 is 0 Å². The predicted molar refractivity (Wildman–Crippen MR) is 133 cm³/mol. The Kier molecular flexibility index (Phi) is 6.47. The van der Waals surface area contributed by atoms with E-state index in [4.69, 9.17) is 0 Å². The third-order valence-corrected chi connectivity index (χ3v) is 5.75. The van der Waals surface area contributed by atoms with E-state index in [-0.39, 0.29) is 11.4 Å². The van der Waals surface area contributed by atoms with Gasteiger partial charge in [0.1, 0.15) is 11.5 Å². The van der Waals surface area contributed by atoms with Gasteiger partial charge in [-0.3, -0.25) is 19.8 Å². The number of halogens is 2. The molecule has 9 heteroatoms. The number of nitrogens with zero attached hydrogens (tertiary/aromatic N) is 1. The number of hydrogen-bond donors (Lipinski definition) is 3. The molecule has 172 valence electrons. The maximum absolute atomic E-state index is 14.1. The maximum atomic E-state index is 14.1. The molecule has 1 heterocycles. The highest BCUT2D eigenvalue weighted by molar-refractivity contribution is 9.10. The number of carbonyl (C=O) groups excluding carboxylic acids is 3. The number of para-hydroxylation sites is 2. The standard InChI is InChI=1S/C25H20BrFN4O3/c1-14-6-5-7-15(2)22(14)29-24(33)25(34)30-31-20-11-10-17(26)12-16(20)13-21(31)23(32)28-19-9-4-3-8-18(19)27/h3-13H,1-2H3,(H,28,32)(H,29,33)(H,30,34). The van der Waals surface area contributed by atoms with Crippen molar-refractivity contribution in [1.82, 2.24) is 4.68 Å². The molecule has 0 spiro atoms. The molecule has 3 N–H and O–H groups in total. The second kappa shape index (κ2) is 9.48. The summed E-state index contributed by atoms with van der Waals surface area (Å²) in [6.07, 6.45) is 0. The van der Waals surface area contributed by atoms with Gasteiger partial charge in [-0.1, -0.05) is 46.3 Å². The first-order chi connectivity index (χ1) is 16.2. The molecule has 0 atom stereocenters. The van der Waals surface area contributed by atoms with Crippen molar-refractivity contribution in [2.75, 3.05) is 16.1 Å².